The molecule has 2 aromatic rings. The van der Waals surface area contributed by atoms with Crippen LogP contribution in [0.4, 0.5) is 11.4 Å². The van der Waals surface area contributed by atoms with Crippen LogP contribution in [0, 0.1) is 0 Å². The third-order valence-corrected chi connectivity index (χ3v) is 4.18. The smallest absolute Gasteiger partial charge is 0.224 e. The molecule has 0 bridgehead atoms. The van der Waals surface area contributed by atoms with Gasteiger partial charge in [0.25, 0.3) is 0 Å². The molecule has 0 atom stereocenters. The Kier molecular flexibility index (Phi) is 9.51. The zero-order chi connectivity index (χ0) is 21.8. The number of nitrogens with one attached hydrogen (secondary N) is 3. The number of methoxy groups -OCH3 is 1. The van der Waals surface area contributed by atoms with Gasteiger partial charge in [0.05, 0.1) is 20.3 Å². The van der Waals surface area contributed by atoms with E-state index in [0.717, 1.165) is 29.9 Å². The van der Waals surface area contributed by atoms with E-state index in [9.17, 15) is 4.79 Å². The van der Waals surface area contributed by atoms with Gasteiger partial charge in [0.15, 0.2) is 17.5 Å². The maximum atomic E-state index is 11.8. The summed E-state index contributed by atoms with van der Waals surface area (Å²) >= 11 is 0. The van der Waals surface area contributed by atoms with Crippen molar-refractivity contribution in [2.24, 2.45) is 4.99 Å². The molecule has 3 N–H and O–H groups in total. The fraction of sp³-hybridized carbons (Fsp3) is 0.391. The highest BCUT2D eigenvalue weighted by atomic mass is 16.5. The third kappa shape index (κ3) is 7.31. The molecule has 30 heavy (non-hydrogen) atoms. The molecule has 0 aliphatic heterocycles. The molecule has 0 spiro atoms. The summed E-state index contributed by atoms with van der Waals surface area (Å²) in [4.78, 5) is 16.5. The van der Waals surface area contributed by atoms with Crippen LogP contribution in [0.15, 0.2) is 47.5 Å². The number of nitrogens with zero attached hydrogens (tertiary/aromatic N) is 1. The lowest BCUT2D eigenvalue weighted by molar-refractivity contribution is -0.116. The summed E-state index contributed by atoms with van der Waals surface area (Å²) in [5.41, 5.74) is 2.64. The molecule has 7 heteroatoms. The topological polar surface area (TPSA) is 84.0 Å². The Balaban J connectivity index is 2.10. The number of hydrogen-bond donors (Lipinski definition) is 3. The number of benzene rings is 2. The molecule has 0 aliphatic carbocycles. The lowest BCUT2D eigenvalue weighted by atomic mass is 10.2. The Bertz CT molecular complexity index is 852. The minimum atomic E-state index is 0.0256. The van der Waals surface area contributed by atoms with Crippen LogP contribution in [-0.2, 0) is 11.3 Å². The standard InChI is InChI=1S/C23H32N4O3/c1-5-9-22(28)26-18-11-8-10-17(14-18)16-25-23(24-6-2)27-19-12-13-20(30-7-3)21(15-19)29-4/h8,10-15H,5-7,9,16H2,1-4H3,(H,26,28)(H2,24,25,27). The molecule has 2 aromatic carbocycles. The highest BCUT2D eigenvalue weighted by Gasteiger charge is 2.07. The van der Waals surface area contributed by atoms with Crippen molar-refractivity contribution in [1.82, 2.24) is 5.32 Å². The van der Waals surface area contributed by atoms with Gasteiger partial charge in [0, 0.05) is 30.4 Å². The molecule has 0 unspecified atom stereocenters. The van der Waals surface area contributed by atoms with Gasteiger partial charge in [-0.3, -0.25) is 4.79 Å². The minimum absolute atomic E-state index is 0.0256. The second-order valence-corrected chi connectivity index (χ2v) is 6.62. The van der Waals surface area contributed by atoms with Crippen molar-refractivity contribution in [1.29, 1.82) is 0 Å². The van der Waals surface area contributed by atoms with Crippen LogP contribution < -0.4 is 25.4 Å². The molecule has 0 radical (unpaired) electrons. The van der Waals surface area contributed by atoms with Crippen LogP contribution in [0.2, 0.25) is 0 Å². The monoisotopic (exact) mass is 412 g/mol. The van der Waals surface area contributed by atoms with E-state index in [-0.39, 0.29) is 5.91 Å². The van der Waals surface area contributed by atoms with Crippen LogP contribution in [0.25, 0.3) is 0 Å². The predicted octanol–water partition coefficient (Wildman–Crippen LogP) is 4.41. The summed E-state index contributed by atoms with van der Waals surface area (Å²) in [6.07, 6.45) is 1.34. The second-order valence-electron chi connectivity index (χ2n) is 6.62. The van der Waals surface area contributed by atoms with Crippen molar-refractivity contribution in [3.05, 3.63) is 48.0 Å². The number of carbonyl (C=O) groups excluding carboxylic acids is 1. The first-order valence-corrected chi connectivity index (χ1v) is 10.3. The predicted molar refractivity (Wildman–Crippen MR) is 123 cm³/mol. The molecule has 162 valence electrons. The quantitative estimate of drug-likeness (QED) is 0.398. The number of carbonyl (C=O) groups is 1. The Morgan fingerprint density at radius 2 is 1.80 bits per heavy atom. The van der Waals surface area contributed by atoms with Crippen LogP contribution in [0.5, 0.6) is 11.5 Å². The Hall–Kier alpha value is -3.22. The maximum Gasteiger partial charge on any atom is 0.224 e. The first-order valence-electron chi connectivity index (χ1n) is 10.3. The van der Waals surface area contributed by atoms with E-state index in [4.69, 9.17) is 9.47 Å². The summed E-state index contributed by atoms with van der Waals surface area (Å²) in [7, 11) is 1.62. The molecular formula is C23H32N4O3. The average molecular weight is 413 g/mol. The highest BCUT2D eigenvalue weighted by Crippen LogP contribution is 2.30. The van der Waals surface area contributed by atoms with E-state index in [2.05, 4.69) is 20.9 Å². The summed E-state index contributed by atoms with van der Waals surface area (Å²) < 4.78 is 11.0. The first-order chi connectivity index (χ1) is 14.6. The van der Waals surface area contributed by atoms with Gasteiger partial charge in [-0.1, -0.05) is 19.1 Å². The fourth-order valence-corrected chi connectivity index (χ4v) is 2.83. The normalized spacial score (nSPS) is 11.0. The van der Waals surface area contributed by atoms with Crippen molar-refractivity contribution in [2.75, 3.05) is 30.9 Å². The molecule has 2 rings (SSSR count). The van der Waals surface area contributed by atoms with Gasteiger partial charge in [-0.2, -0.15) is 0 Å². The van der Waals surface area contributed by atoms with Crippen molar-refractivity contribution < 1.29 is 14.3 Å². The summed E-state index contributed by atoms with van der Waals surface area (Å²) in [6.45, 7) is 7.71. The number of hydrogen-bond acceptors (Lipinski definition) is 4. The van der Waals surface area contributed by atoms with Gasteiger partial charge in [0.2, 0.25) is 5.91 Å². The Morgan fingerprint density at radius 1 is 1.00 bits per heavy atom. The van der Waals surface area contributed by atoms with Gasteiger partial charge < -0.3 is 25.4 Å². The summed E-state index contributed by atoms with van der Waals surface area (Å²) in [5, 5.41) is 9.45. The van der Waals surface area contributed by atoms with Gasteiger partial charge in [-0.25, -0.2) is 4.99 Å². The third-order valence-electron chi connectivity index (χ3n) is 4.18. The Morgan fingerprint density at radius 3 is 2.50 bits per heavy atom. The number of aliphatic imine (C=N–C) groups is 1. The summed E-state index contributed by atoms with van der Waals surface area (Å²) in [5.74, 6) is 2.05. The number of anilines is 2. The number of guanidine groups is 1. The average Bonchev–Trinajstić information content (AvgIpc) is 2.74. The highest BCUT2D eigenvalue weighted by molar-refractivity contribution is 5.94. The number of ether oxygens (including phenoxy) is 2. The largest absolute Gasteiger partial charge is 0.493 e. The molecule has 0 heterocycles. The zero-order valence-corrected chi connectivity index (χ0v) is 18.2. The van der Waals surface area contributed by atoms with E-state index in [1.54, 1.807) is 7.11 Å². The molecule has 0 aromatic heterocycles. The van der Waals surface area contributed by atoms with Crippen LogP contribution in [0.3, 0.4) is 0 Å². The first kappa shape index (κ1) is 23.1. The van der Waals surface area contributed by atoms with E-state index < -0.39 is 0 Å². The van der Waals surface area contributed by atoms with Gasteiger partial charge in [-0.05, 0) is 50.1 Å². The van der Waals surface area contributed by atoms with E-state index in [1.807, 2.05) is 63.2 Å². The summed E-state index contributed by atoms with van der Waals surface area (Å²) in [6, 6.07) is 13.4. The van der Waals surface area contributed by atoms with Crippen LogP contribution in [0.1, 0.15) is 39.2 Å². The van der Waals surface area contributed by atoms with Crippen molar-refractivity contribution in [3.8, 4) is 11.5 Å². The van der Waals surface area contributed by atoms with E-state index in [0.29, 0.717) is 37.0 Å². The fourth-order valence-electron chi connectivity index (χ4n) is 2.83. The van der Waals surface area contributed by atoms with Gasteiger partial charge >= 0.3 is 0 Å². The van der Waals surface area contributed by atoms with E-state index in [1.165, 1.54) is 0 Å². The molecule has 0 saturated carbocycles. The minimum Gasteiger partial charge on any atom is -0.493 e. The second kappa shape index (κ2) is 12.4. The zero-order valence-electron chi connectivity index (χ0n) is 18.2. The number of amides is 1. The van der Waals surface area contributed by atoms with Crippen molar-refractivity contribution >= 4 is 23.2 Å². The molecule has 0 fully saturated rings. The number of rotatable bonds is 10. The van der Waals surface area contributed by atoms with Crippen molar-refractivity contribution in [2.45, 2.75) is 40.2 Å². The van der Waals surface area contributed by atoms with Crippen LogP contribution >= 0.6 is 0 Å². The van der Waals surface area contributed by atoms with Crippen molar-refractivity contribution in [3.63, 3.8) is 0 Å². The van der Waals surface area contributed by atoms with Gasteiger partial charge in [0.1, 0.15) is 0 Å². The maximum absolute atomic E-state index is 11.8. The lowest BCUT2D eigenvalue weighted by Crippen LogP contribution is -2.30. The van der Waals surface area contributed by atoms with E-state index >= 15 is 0 Å². The van der Waals surface area contributed by atoms with Crippen LogP contribution in [-0.4, -0.2) is 32.1 Å². The Labute approximate surface area is 178 Å². The van der Waals surface area contributed by atoms with Gasteiger partial charge in [-0.15, -0.1) is 0 Å². The molecule has 7 nitrogen and oxygen atoms in total. The molecule has 0 aliphatic rings. The SMILES string of the molecule is CCCC(=O)Nc1cccc(CN=C(NCC)Nc2ccc(OCC)c(OC)c2)c1. The molecule has 0 saturated heterocycles. The molecular weight excluding hydrogens is 380 g/mol. The molecule has 1 amide bonds. The lowest BCUT2D eigenvalue weighted by Gasteiger charge is -2.14.